The van der Waals surface area contributed by atoms with E-state index in [2.05, 4.69) is 5.32 Å². The van der Waals surface area contributed by atoms with Gasteiger partial charge in [0.1, 0.15) is 0 Å². The van der Waals surface area contributed by atoms with Crippen LogP contribution in [0.5, 0.6) is 0 Å². The molecule has 1 heterocycles. The number of nitrogens with zero attached hydrogens (tertiary/aromatic N) is 1. The third-order valence-corrected chi connectivity index (χ3v) is 4.30. The molecule has 2 aliphatic rings. The van der Waals surface area contributed by atoms with E-state index in [9.17, 15) is 14.4 Å². The van der Waals surface area contributed by atoms with Crippen molar-refractivity contribution in [3.05, 3.63) is 0 Å². The molecule has 0 aromatic rings. The lowest BCUT2D eigenvalue weighted by Gasteiger charge is -2.24. The van der Waals surface area contributed by atoms with E-state index in [-0.39, 0.29) is 36.1 Å². The monoisotopic (exact) mass is 296 g/mol. The molecule has 118 valence electrons. The van der Waals surface area contributed by atoms with Crippen LogP contribution in [0.15, 0.2) is 0 Å². The minimum absolute atomic E-state index is 0.0647. The third-order valence-electron chi connectivity index (χ3n) is 4.30. The molecule has 2 rings (SSSR count). The molecule has 1 saturated heterocycles. The number of hydrogen-bond donors (Lipinski definition) is 2. The molecule has 6 heteroatoms. The van der Waals surface area contributed by atoms with Gasteiger partial charge in [-0.3, -0.25) is 19.3 Å². The van der Waals surface area contributed by atoms with E-state index >= 15 is 0 Å². The number of carbonyl (C=O) groups excluding carboxylic acids is 2. The highest BCUT2D eigenvalue weighted by Gasteiger charge is 2.45. The second-order valence-electron chi connectivity index (χ2n) is 6.85. The number of carbonyl (C=O) groups is 3. The van der Waals surface area contributed by atoms with Gasteiger partial charge in [0.15, 0.2) is 0 Å². The summed E-state index contributed by atoms with van der Waals surface area (Å²) in [7, 11) is 0. The van der Waals surface area contributed by atoms with Crippen LogP contribution in [0, 0.1) is 5.41 Å². The second-order valence-corrected chi connectivity index (χ2v) is 6.85. The molecule has 1 unspecified atom stereocenters. The summed E-state index contributed by atoms with van der Waals surface area (Å²) in [5.41, 5.74) is -0.0900. The topological polar surface area (TPSA) is 86.7 Å². The van der Waals surface area contributed by atoms with E-state index in [1.54, 1.807) is 0 Å². The maximum Gasteiger partial charge on any atom is 0.303 e. The first-order valence-electron chi connectivity index (χ1n) is 7.61. The molecule has 1 aliphatic heterocycles. The van der Waals surface area contributed by atoms with Crippen LogP contribution in [0.1, 0.15) is 52.4 Å². The molecule has 2 amide bonds. The first-order chi connectivity index (χ1) is 9.80. The molecule has 6 nitrogen and oxygen atoms in total. The lowest BCUT2D eigenvalue weighted by Crippen LogP contribution is -2.40. The summed E-state index contributed by atoms with van der Waals surface area (Å²) in [6.45, 7) is 4.67. The highest BCUT2D eigenvalue weighted by molar-refractivity contribution is 6.06. The molecule has 2 N–H and O–H groups in total. The number of nitrogens with one attached hydrogen (secondary N) is 1. The molecule has 0 aromatic carbocycles. The van der Waals surface area contributed by atoms with Gasteiger partial charge >= 0.3 is 5.97 Å². The fourth-order valence-electron chi connectivity index (χ4n) is 2.68. The highest BCUT2D eigenvalue weighted by Crippen LogP contribution is 2.31. The van der Waals surface area contributed by atoms with Crippen molar-refractivity contribution in [2.75, 3.05) is 6.54 Å². The van der Waals surface area contributed by atoms with Crippen molar-refractivity contribution in [3.63, 3.8) is 0 Å². The van der Waals surface area contributed by atoms with Crippen LogP contribution in [-0.4, -0.2) is 46.4 Å². The predicted molar refractivity (Wildman–Crippen MR) is 76.6 cm³/mol. The predicted octanol–water partition coefficient (Wildman–Crippen LogP) is 1.15. The van der Waals surface area contributed by atoms with Gasteiger partial charge < -0.3 is 10.4 Å². The zero-order chi connectivity index (χ0) is 15.6. The largest absolute Gasteiger partial charge is 0.481 e. The van der Waals surface area contributed by atoms with E-state index in [0.717, 1.165) is 19.3 Å². The van der Waals surface area contributed by atoms with E-state index < -0.39 is 12.0 Å². The zero-order valence-corrected chi connectivity index (χ0v) is 12.7. The average molecular weight is 296 g/mol. The van der Waals surface area contributed by atoms with Crippen molar-refractivity contribution in [1.82, 2.24) is 10.2 Å². The third kappa shape index (κ3) is 4.27. The highest BCUT2D eigenvalue weighted by atomic mass is 16.4. The van der Waals surface area contributed by atoms with Crippen LogP contribution in [0.2, 0.25) is 0 Å². The average Bonchev–Trinajstić information content (AvgIpc) is 3.16. The van der Waals surface area contributed by atoms with Crippen molar-refractivity contribution in [2.45, 2.75) is 64.5 Å². The summed E-state index contributed by atoms with van der Waals surface area (Å²) < 4.78 is 0. The Bertz CT molecular complexity index is 443. The van der Waals surface area contributed by atoms with Gasteiger partial charge in [0.2, 0.25) is 11.8 Å². The first kappa shape index (κ1) is 15.9. The molecule has 1 atom stereocenters. The van der Waals surface area contributed by atoms with Crippen molar-refractivity contribution < 1.29 is 19.5 Å². The zero-order valence-electron chi connectivity index (χ0n) is 12.7. The van der Waals surface area contributed by atoms with Crippen molar-refractivity contribution in [1.29, 1.82) is 0 Å². The van der Waals surface area contributed by atoms with Gasteiger partial charge in [-0.05, 0) is 37.6 Å². The van der Waals surface area contributed by atoms with Gasteiger partial charge in [-0.25, -0.2) is 0 Å². The van der Waals surface area contributed by atoms with Gasteiger partial charge in [-0.2, -0.15) is 0 Å². The molecule has 1 saturated carbocycles. The van der Waals surface area contributed by atoms with Gasteiger partial charge in [-0.15, -0.1) is 0 Å². The molecule has 0 bridgehead atoms. The van der Waals surface area contributed by atoms with Crippen LogP contribution >= 0.6 is 0 Å². The second kappa shape index (κ2) is 6.13. The van der Waals surface area contributed by atoms with Gasteiger partial charge in [0.05, 0.1) is 12.5 Å². The summed E-state index contributed by atoms with van der Waals surface area (Å²) in [4.78, 5) is 36.0. The Labute approximate surface area is 124 Å². The smallest absolute Gasteiger partial charge is 0.303 e. The minimum Gasteiger partial charge on any atom is -0.481 e. The summed E-state index contributed by atoms with van der Waals surface area (Å²) in [5.74, 6) is -0.941. The maximum absolute atomic E-state index is 12.1. The number of carboxylic acid groups (broad SMARTS) is 1. The van der Waals surface area contributed by atoms with Crippen LogP contribution in [-0.2, 0) is 14.4 Å². The molecule has 2 fully saturated rings. The fourth-order valence-corrected chi connectivity index (χ4v) is 2.68. The van der Waals surface area contributed by atoms with Crippen LogP contribution in [0.3, 0.4) is 0 Å². The van der Waals surface area contributed by atoms with Gasteiger partial charge in [0.25, 0.3) is 0 Å². The molecular weight excluding hydrogens is 272 g/mol. The number of amides is 2. The molecule has 0 spiro atoms. The number of imide groups is 1. The summed E-state index contributed by atoms with van der Waals surface area (Å²) in [6.07, 6.45) is 3.67. The van der Waals surface area contributed by atoms with Crippen LogP contribution < -0.4 is 5.32 Å². The minimum atomic E-state index is -0.785. The lowest BCUT2D eigenvalue weighted by atomic mass is 9.84. The van der Waals surface area contributed by atoms with E-state index in [1.807, 2.05) is 13.8 Å². The quantitative estimate of drug-likeness (QED) is 0.656. The van der Waals surface area contributed by atoms with Crippen LogP contribution in [0.25, 0.3) is 0 Å². The Morgan fingerprint density at radius 1 is 1.33 bits per heavy atom. The molecular formula is C15H24N2O4. The number of hydrogen-bond acceptors (Lipinski definition) is 4. The normalized spacial score (nSPS) is 23.0. The summed E-state index contributed by atoms with van der Waals surface area (Å²) >= 11 is 0. The van der Waals surface area contributed by atoms with Crippen molar-refractivity contribution in [2.24, 2.45) is 5.41 Å². The lowest BCUT2D eigenvalue weighted by molar-refractivity contribution is -0.140. The van der Waals surface area contributed by atoms with Crippen LogP contribution in [0.4, 0.5) is 0 Å². The Kier molecular flexibility index (Phi) is 4.66. The number of carboxylic acids is 1. The summed E-state index contributed by atoms with van der Waals surface area (Å²) in [6, 6.07) is -0.253. The molecule has 1 aliphatic carbocycles. The van der Waals surface area contributed by atoms with E-state index in [0.29, 0.717) is 13.0 Å². The van der Waals surface area contributed by atoms with E-state index in [4.69, 9.17) is 5.11 Å². The SMILES string of the molecule is CC(C)(CCNC1CC(=O)N(C2CC2)C1=O)CCC(=O)O. The Balaban J connectivity index is 1.74. The Morgan fingerprint density at radius 2 is 2.00 bits per heavy atom. The molecule has 0 radical (unpaired) electrons. The van der Waals surface area contributed by atoms with Gasteiger partial charge in [0, 0.05) is 12.5 Å². The number of rotatable bonds is 8. The van der Waals surface area contributed by atoms with E-state index in [1.165, 1.54) is 4.90 Å². The maximum atomic E-state index is 12.1. The van der Waals surface area contributed by atoms with Crippen molar-refractivity contribution >= 4 is 17.8 Å². The number of likely N-dealkylation sites (tertiary alicyclic amines) is 1. The van der Waals surface area contributed by atoms with Gasteiger partial charge in [-0.1, -0.05) is 13.8 Å². The fraction of sp³-hybridized carbons (Fsp3) is 0.800. The number of aliphatic carboxylic acids is 1. The molecule has 0 aromatic heterocycles. The molecule has 21 heavy (non-hydrogen) atoms. The summed E-state index contributed by atoms with van der Waals surface area (Å²) in [5, 5.41) is 11.9. The standard InChI is InChI=1S/C15H24N2O4/c1-15(2,6-5-13(19)20)7-8-16-11-9-12(18)17(14(11)21)10-3-4-10/h10-11,16H,3-9H2,1-2H3,(H,19,20). The first-order valence-corrected chi connectivity index (χ1v) is 7.61. The van der Waals surface area contributed by atoms with Crippen molar-refractivity contribution in [3.8, 4) is 0 Å². The Hall–Kier alpha value is -1.43. The Morgan fingerprint density at radius 3 is 2.57 bits per heavy atom.